The second-order valence-corrected chi connectivity index (χ2v) is 4.71. The molecule has 0 aliphatic heterocycles. The van der Waals surface area contributed by atoms with Crippen LogP contribution >= 0.6 is 12.6 Å². The molecule has 0 aliphatic rings. The summed E-state index contributed by atoms with van der Waals surface area (Å²) < 4.78 is 13.8. The van der Waals surface area contributed by atoms with Crippen LogP contribution in [0.25, 0.3) is 5.70 Å². The summed E-state index contributed by atoms with van der Waals surface area (Å²) in [5.41, 5.74) is 2.13. The lowest BCUT2D eigenvalue weighted by atomic mass is 10.0. The van der Waals surface area contributed by atoms with E-state index < -0.39 is 0 Å². The van der Waals surface area contributed by atoms with E-state index >= 15 is 0 Å². The van der Waals surface area contributed by atoms with Gasteiger partial charge in [-0.1, -0.05) is 68.6 Å². The fourth-order valence-corrected chi connectivity index (χ4v) is 1.73. The lowest BCUT2D eigenvalue weighted by molar-refractivity contribution is 0.144. The zero-order valence-electron chi connectivity index (χ0n) is 13.2. The summed E-state index contributed by atoms with van der Waals surface area (Å²) in [6.07, 6.45) is 4.91. The van der Waals surface area contributed by atoms with Crippen molar-refractivity contribution in [3.05, 3.63) is 78.6 Å². The first kappa shape index (κ1) is 19.9. The van der Waals surface area contributed by atoms with Gasteiger partial charge in [-0.05, 0) is 12.5 Å². The molecule has 118 valence electrons. The maximum absolute atomic E-state index is 13.8. The molecule has 0 fully saturated rings. The molecule has 0 radical (unpaired) electrons. The number of hydrogen-bond acceptors (Lipinski definition) is 3. The van der Waals surface area contributed by atoms with Crippen LogP contribution in [0.15, 0.2) is 78.0 Å². The van der Waals surface area contributed by atoms with E-state index in [0.29, 0.717) is 27.7 Å². The second-order valence-electron chi connectivity index (χ2n) is 4.08. The summed E-state index contributed by atoms with van der Waals surface area (Å²) in [5, 5.41) is 0.528. The molecular weight excluding hydrogens is 295 g/mol. The lowest BCUT2D eigenvalue weighted by Gasteiger charge is -2.17. The molecule has 0 amide bonds. The fourth-order valence-electron chi connectivity index (χ4n) is 1.73. The van der Waals surface area contributed by atoms with Gasteiger partial charge in [0.05, 0.1) is 5.70 Å². The molecule has 0 unspecified atom stereocenters. The van der Waals surface area contributed by atoms with Gasteiger partial charge >= 0.3 is 0 Å². The normalized spacial score (nSPS) is 11.5. The monoisotopic (exact) mass is 318 g/mol. The smallest absolute Gasteiger partial charge is 0.102 e. The number of rotatable bonds is 6. The predicted octanol–water partition coefficient (Wildman–Crippen LogP) is 5.11. The summed E-state index contributed by atoms with van der Waals surface area (Å²) in [7, 11) is 1.32. The fraction of sp³-hybridized carbons (Fsp3) is 0.167. The summed E-state index contributed by atoms with van der Waals surface area (Å²) in [6, 6.07) is 9.17. The highest BCUT2D eigenvalue weighted by molar-refractivity contribution is 7.80. The van der Waals surface area contributed by atoms with Gasteiger partial charge in [0, 0.05) is 18.2 Å². The first-order chi connectivity index (χ1) is 10.6. The Kier molecular flexibility index (Phi) is 10.5. The maximum atomic E-state index is 13.8. The van der Waals surface area contributed by atoms with E-state index in [1.165, 1.54) is 7.05 Å². The molecule has 22 heavy (non-hydrogen) atoms. The van der Waals surface area contributed by atoms with E-state index in [4.69, 9.17) is 0 Å². The van der Waals surface area contributed by atoms with Crippen molar-refractivity contribution in [2.45, 2.75) is 6.92 Å². The molecule has 2 nitrogen and oxygen atoms in total. The highest BCUT2D eigenvalue weighted by atomic mass is 32.1. The van der Waals surface area contributed by atoms with Gasteiger partial charge in [-0.3, -0.25) is 4.99 Å². The Labute approximate surface area is 138 Å². The summed E-state index contributed by atoms with van der Waals surface area (Å²) in [4.78, 5) is 3.94. The molecule has 1 aromatic carbocycles. The largest absolute Gasteiger partial charge is 0.262 e. The molecule has 0 atom stereocenters. The van der Waals surface area contributed by atoms with E-state index in [2.05, 4.69) is 37.5 Å². The topological polar surface area (TPSA) is 15.6 Å². The van der Waals surface area contributed by atoms with Crippen molar-refractivity contribution in [2.24, 2.45) is 4.99 Å². The van der Waals surface area contributed by atoms with Crippen molar-refractivity contribution >= 4 is 25.0 Å². The van der Waals surface area contributed by atoms with Crippen molar-refractivity contribution in [1.82, 2.24) is 5.12 Å². The maximum Gasteiger partial charge on any atom is 0.102 e. The van der Waals surface area contributed by atoms with Crippen LogP contribution in [0.4, 0.5) is 4.48 Å². The Morgan fingerprint density at radius 3 is 2.23 bits per heavy atom. The van der Waals surface area contributed by atoms with Gasteiger partial charge in [-0.2, -0.15) is 12.6 Å². The van der Waals surface area contributed by atoms with E-state index in [1.807, 2.05) is 37.3 Å². The quantitative estimate of drug-likeness (QED) is 0.334. The van der Waals surface area contributed by atoms with Gasteiger partial charge in [-0.15, -0.1) is 4.48 Å². The highest BCUT2D eigenvalue weighted by Crippen LogP contribution is 2.28. The van der Waals surface area contributed by atoms with E-state index in [9.17, 15) is 4.48 Å². The van der Waals surface area contributed by atoms with Gasteiger partial charge in [-0.25, -0.2) is 5.12 Å². The van der Waals surface area contributed by atoms with Crippen LogP contribution in [0.1, 0.15) is 12.5 Å². The molecule has 0 spiro atoms. The van der Waals surface area contributed by atoms with Gasteiger partial charge in [0.2, 0.25) is 0 Å². The van der Waals surface area contributed by atoms with E-state index in [-0.39, 0.29) is 0 Å². The van der Waals surface area contributed by atoms with Gasteiger partial charge in [0.15, 0.2) is 0 Å². The second kappa shape index (κ2) is 11.6. The third-order valence-corrected chi connectivity index (χ3v) is 2.53. The Morgan fingerprint density at radius 1 is 1.32 bits per heavy atom. The molecule has 0 saturated carbocycles. The molecule has 0 bridgehead atoms. The van der Waals surface area contributed by atoms with Crippen LogP contribution in [-0.4, -0.2) is 24.6 Å². The average Bonchev–Trinajstić information content (AvgIpc) is 2.51. The van der Waals surface area contributed by atoms with Crippen molar-refractivity contribution < 1.29 is 4.48 Å². The number of allylic oxidation sites excluding steroid dienone is 3. The molecule has 0 aromatic heterocycles. The zero-order chi connectivity index (χ0) is 17.0. The number of halogens is 1. The third-order valence-electron chi connectivity index (χ3n) is 2.53. The summed E-state index contributed by atoms with van der Waals surface area (Å²) in [6.45, 7) is 12.8. The van der Waals surface area contributed by atoms with Gasteiger partial charge in [0.1, 0.15) is 5.70 Å². The lowest BCUT2D eigenvalue weighted by Crippen LogP contribution is -2.08. The van der Waals surface area contributed by atoms with Crippen molar-refractivity contribution in [1.29, 1.82) is 0 Å². The summed E-state index contributed by atoms with van der Waals surface area (Å²) >= 11 is 3.79. The number of hydrogen-bond donors (Lipinski definition) is 1. The highest BCUT2D eigenvalue weighted by Gasteiger charge is 2.14. The predicted molar refractivity (Wildman–Crippen MR) is 99.8 cm³/mol. The first-order valence-electron chi connectivity index (χ1n) is 6.79. The van der Waals surface area contributed by atoms with Crippen LogP contribution in [0.2, 0.25) is 0 Å². The summed E-state index contributed by atoms with van der Waals surface area (Å²) in [5.74, 6) is 0.944. The van der Waals surface area contributed by atoms with Crippen LogP contribution in [0, 0.1) is 0 Å². The Bertz CT molecular complexity index is 545. The first-order valence-corrected chi connectivity index (χ1v) is 7.42. The molecule has 1 aromatic rings. The third kappa shape index (κ3) is 6.14. The SMILES string of the molecule is C=C/C=C(C=C)/C(N=C)=C(\c1ccccc1)N(C)F.CCS. The minimum Gasteiger partial charge on any atom is -0.262 e. The Hall–Kier alpha value is -2.07. The molecule has 0 heterocycles. The molecule has 0 saturated heterocycles. The van der Waals surface area contributed by atoms with Gasteiger partial charge in [0.25, 0.3) is 0 Å². The van der Waals surface area contributed by atoms with Crippen LogP contribution in [0.3, 0.4) is 0 Å². The zero-order valence-corrected chi connectivity index (χ0v) is 14.1. The molecule has 0 aliphatic carbocycles. The molecule has 1 rings (SSSR count). The van der Waals surface area contributed by atoms with Crippen LogP contribution in [0.5, 0.6) is 0 Å². The van der Waals surface area contributed by atoms with E-state index in [1.54, 1.807) is 18.2 Å². The van der Waals surface area contributed by atoms with Crippen LogP contribution in [-0.2, 0) is 0 Å². The molecule has 0 N–H and O–H groups in total. The average molecular weight is 318 g/mol. The van der Waals surface area contributed by atoms with Crippen molar-refractivity contribution in [3.63, 3.8) is 0 Å². The number of thiol groups is 1. The van der Waals surface area contributed by atoms with Crippen LogP contribution < -0.4 is 0 Å². The number of benzene rings is 1. The number of nitrogens with zero attached hydrogens (tertiary/aromatic N) is 2. The standard InChI is InChI=1S/C16H17FN2.C2H6S/c1-5-10-13(6-2)15(18-3)16(19(4)17)14-11-8-7-9-12-14;1-2-3/h5-12H,1-3H2,4H3;3H,2H2,1H3/b13-10+,16-15-;. The van der Waals surface area contributed by atoms with Gasteiger partial charge < -0.3 is 0 Å². The Morgan fingerprint density at radius 2 is 1.86 bits per heavy atom. The molecular formula is C18H23FN2S. The Balaban J connectivity index is 0.00000135. The number of aliphatic imine (C=N–C) groups is 1. The minimum atomic E-state index is 0.337. The van der Waals surface area contributed by atoms with E-state index in [0.717, 1.165) is 5.75 Å². The van der Waals surface area contributed by atoms with Crippen molar-refractivity contribution in [3.8, 4) is 0 Å². The minimum absolute atomic E-state index is 0.337. The van der Waals surface area contributed by atoms with Crippen molar-refractivity contribution in [2.75, 3.05) is 12.8 Å². The molecule has 4 heteroatoms.